The van der Waals surface area contributed by atoms with Crippen molar-refractivity contribution in [2.75, 3.05) is 0 Å². The Bertz CT molecular complexity index is 381. The van der Waals surface area contributed by atoms with Crippen molar-refractivity contribution >= 4 is 17.9 Å². The summed E-state index contributed by atoms with van der Waals surface area (Å²) in [6, 6.07) is 0. The van der Waals surface area contributed by atoms with E-state index >= 15 is 0 Å². The fraction of sp³-hybridized carbons (Fsp3) is 0.250. The maximum atomic E-state index is 10.3. The minimum Gasteiger partial charge on any atom is -0.478 e. The Hall–Kier alpha value is -2.37. The molecule has 0 spiro atoms. The molecule has 0 rings (SSSR count). The largest absolute Gasteiger partial charge is 0.478 e. The summed E-state index contributed by atoms with van der Waals surface area (Å²) in [5.41, 5.74) is 0.116. The Morgan fingerprint density at radius 3 is 1.44 bits per heavy atom. The second kappa shape index (κ2) is 8.74. The van der Waals surface area contributed by atoms with Crippen LogP contribution in [-0.4, -0.2) is 28.1 Å². The van der Waals surface area contributed by atoms with Gasteiger partial charge in [0.15, 0.2) is 0 Å². The third kappa shape index (κ3) is 7.86. The van der Waals surface area contributed by atoms with Gasteiger partial charge in [-0.3, -0.25) is 0 Å². The van der Waals surface area contributed by atoms with Gasteiger partial charge in [0.25, 0.3) is 0 Å². The number of aliphatic carboxylic acids is 2. The predicted octanol–water partition coefficient (Wildman–Crippen LogP) is 1.74. The molecule has 100 valence electrons. The van der Waals surface area contributed by atoms with Crippen molar-refractivity contribution in [3.63, 3.8) is 0 Å². The van der Waals surface area contributed by atoms with Gasteiger partial charge in [0.2, 0.25) is 0 Å². The molecule has 0 aliphatic rings. The van der Waals surface area contributed by atoms with Gasteiger partial charge in [-0.15, -0.1) is 0 Å². The summed E-state index contributed by atoms with van der Waals surface area (Å²) in [5, 5.41) is 16.6. The number of carbonyl (C=O) groups is 3. The summed E-state index contributed by atoms with van der Waals surface area (Å²) >= 11 is 0. The highest BCUT2D eigenvalue weighted by atomic mass is 16.5. The third-order valence-corrected chi connectivity index (χ3v) is 1.74. The highest BCUT2D eigenvalue weighted by Gasteiger charge is 2.09. The standard InChI is InChI=1S/C6H8O4.C6H8O2/c1-3(5(7)8)4(2)6(9)10;1-4-8-6(7)5(2)3/h1-2H3,(H,7,8)(H,9,10);4H,1-2H2,3H3/b4-3+;. The Morgan fingerprint density at radius 2 is 1.33 bits per heavy atom. The Labute approximate surface area is 105 Å². The number of rotatable bonds is 4. The normalized spacial score (nSPS) is 10.2. The van der Waals surface area contributed by atoms with E-state index in [9.17, 15) is 14.4 Å². The summed E-state index contributed by atoms with van der Waals surface area (Å²) < 4.78 is 4.33. The Morgan fingerprint density at radius 1 is 1.00 bits per heavy atom. The summed E-state index contributed by atoms with van der Waals surface area (Å²) in [4.78, 5) is 30.6. The van der Waals surface area contributed by atoms with E-state index in [2.05, 4.69) is 17.9 Å². The lowest BCUT2D eigenvalue weighted by Gasteiger charge is -1.95. The van der Waals surface area contributed by atoms with Gasteiger partial charge in [-0.05, 0) is 20.8 Å². The first-order valence-corrected chi connectivity index (χ1v) is 4.76. The SMILES string of the molecule is C/C(C(=O)O)=C(/C)C(=O)O.C=COC(=O)C(=C)C. The highest BCUT2D eigenvalue weighted by Crippen LogP contribution is 2.02. The molecule has 0 atom stereocenters. The molecule has 2 N–H and O–H groups in total. The molecular formula is C12H16O6. The molecule has 0 aromatic rings. The van der Waals surface area contributed by atoms with Gasteiger partial charge in [-0.25, -0.2) is 14.4 Å². The molecule has 0 unspecified atom stereocenters. The molecule has 0 aromatic heterocycles. The van der Waals surface area contributed by atoms with E-state index in [1.807, 2.05) is 0 Å². The van der Waals surface area contributed by atoms with Gasteiger partial charge >= 0.3 is 17.9 Å². The zero-order valence-corrected chi connectivity index (χ0v) is 10.5. The lowest BCUT2D eigenvalue weighted by molar-refractivity contribution is -0.135. The van der Waals surface area contributed by atoms with Crippen LogP contribution < -0.4 is 0 Å². The molecule has 0 aromatic carbocycles. The van der Waals surface area contributed by atoms with Crippen LogP contribution in [0.1, 0.15) is 20.8 Å². The van der Waals surface area contributed by atoms with Crippen molar-refractivity contribution in [1.82, 2.24) is 0 Å². The van der Waals surface area contributed by atoms with E-state index in [0.717, 1.165) is 6.26 Å². The summed E-state index contributed by atoms with van der Waals surface area (Å²) in [7, 11) is 0. The van der Waals surface area contributed by atoms with Gasteiger partial charge in [-0.1, -0.05) is 13.2 Å². The second-order valence-corrected chi connectivity index (χ2v) is 3.21. The van der Waals surface area contributed by atoms with Crippen LogP contribution in [0.3, 0.4) is 0 Å². The smallest absolute Gasteiger partial charge is 0.337 e. The van der Waals surface area contributed by atoms with Gasteiger partial charge in [0.05, 0.1) is 6.26 Å². The molecule has 6 nitrogen and oxygen atoms in total. The van der Waals surface area contributed by atoms with Crippen molar-refractivity contribution in [3.05, 3.63) is 36.1 Å². The van der Waals surface area contributed by atoms with E-state index in [-0.39, 0.29) is 11.1 Å². The fourth-order valence-corrected chi connectivity index (χ4v) is 0.497. The molecule has 0 saturated carbocycles. The van der Waals surface area contributed by atoms with Crippen molar-refractivity contribution in [1.29, 1.82) is 0 Å². The number of carboxylic acids is 2. The number of hydrogen-bond donors (Lipinski definition) is 2. The molecule has 0 heterocycles. The topological polar surface area (TPSA) is 101 Å². The molecule has 0 amide bonds. The molecule has 0 bridgehead atoms. The zero-order chi connectivity index (χ0) is 14.9. The van der Waals surface area contributed by atoms with E-state index in [1.54, 1.807) is 6.92 Å². The molecule has 0 aliphatic carbocycles. The van der Waals surface area contributed by atoms with Crippen LogP contribution >= 0.6 is 0 Å². The lowest BCUT2D eigenvalue weighted by Crippen LogP contribution is -2.06. The summed E-state index contributed by atoms with van der Waals surface area (Å²) in [6.07, 6.45) is 1.08. The third-order valence-electron chi connectivity index (χ3n) is 1.74. The van der Waals surface area contributed by atoms with Crippen LogP contribution in [-0.2, 0) is 19.1 Å². The van der Waals surface area contributed by atoms with Gasteiger partial charge in [-0.2, -0.15) is 0 Å². The predicted molar refractivity (Wildman–Crippen MR) is 64.7 cm³/mol. The van der Waals surface area contributed by atoms with Gasteiger partial charge < -0.3 is 14.9 Å². The maximum Gasteiger partial charge on any atom is 0.337 e. The number of hydrogen-bond acceptors (Lipinski definition) is 4. The van der Waals surface area contributed by atoms with E-state index in [4.69, 9.17) is 10.2 Å². The van der Waals surface area contributed by atoms with E-state index in [1.165, 1.54) is 13.8 Å². The van der Waals surface area contributed by atoms with Gasteiger partial charge in [0, 0.05) is 16.7 Å². The number of esters is 1. The molecular weight excluding hydrogens is 240 g/mol. The number of ether oxygens (including phenoxy) is 1. The number of carbonyl (C=O) groups excluding carboxylic acids is 1. The maximum absolute atomic E-state index is 10.3. The minimum atomic E-state index is -1.19. The molecule has 0 fully saturated rings. The van der Waals surface area contributed by atoms with Crippen molar-refractivity contribution < 1.29 is 29.3 Å². The first kappa shape index (κ1) is 18.0. The molecule has 6 heteroatoms. The van der Waals surface area contributed by atoms with Crippen LogP contribution in [0, 0.1) is 0 Å². The lowest BCUT2D eigenvalue weighted by atomic mass is 10.1. The fourth-order valence-electron chi connectivity index (χ4n) is 0.497. The highest BCUT2D eigenvalue weighted by molar-refractivity contribution is 5.97. The molecule has 0 aliphatic heterocycles. The average molecular weight is 256 g/mol. The van der Waals surface area contributed by atoms with Crippen molar-refractivity contribution in [2.45, 2.75) is 20.8 Å². The minimum absolute atomic E-state index is 0.132. The Balaban J connectivity index is 0. The van der Waals surface area contributed by atoms with Crippen LogP contribution in [0.5, 0.6) is 0 Å². The van der Waals surface area contributed by atoms with Crippen molar-refractivity contribution in [3.8, 4) is 0 Å². The molecule has 18 heavy (non-hydrogen) atoms. The van der Waals surface area contributed by atoms with Gasteiger partial charge in [0.1, 0.15) is 0 Å². The monoisotopic (exact) mass is 256 g/mol. The summed E-state index contributed by atoms with van der Waals surface area (Å²) in [5.74, 6) is -2.82. The van der Waals surface area contributed by atoms with Crippen LogP contribution in [0.25, 0.3) is 0 Å². The molecule has 0 radical (unpaired) electrons. The van der Waals surface area contributed by atoms with Crippen LogP contribution in [0.4, 0.5) is 0 Å². The van der Waals surface area contributed by atoms with E-state index < -0.39 is 17.9 Å². The summed E-state index contributed by atoms with van der Waals surface area (Å²) in [6.45, 7) is 10.6. The molecule has 0 saturated heterocycles. The number of carboxylic acid groups (broad SMARTS) is 2. The quantitative estimate of drug-likeness (QED) is 0.451. The Kier molecular flexibility index (Phi) is 8.75. The van der Waals surface area contributed by atoms with Crippen molar-refractivity contribution in [2.24, 2.45) is 0 Å². The second-order valence-electron chi connectivity index (χ2n) is 3.21. The first-order valence-electron chi connectivity index (χ1n) is 4.76. The van der Waals surface area contributed by atoms with E-state index in [0.29, 0.717) is 5.57 Å². The average Bonchev–Trinajstić information content (AvgIpc) is 2.27. The zero-order valence-electron chi connectivity index (χ0n) is 10.5. The first-order chi connectivity index (χ1) is 8.14. The van der Waals surface area contributed by atoms with Crippen LogP contribution in [0.15, 0.2) is 36.1 Å². The van der Waals surface area contributed by atoms with Crippen LogP contribution in [0.2, 0.25) is 0 Å².